The molecule has 3 heterocycles. The highest BCUT2D eigenvalue weighted by Crippen LogP contribution is 2.31. The Hall–Kier alpha value is -1.43. The number of hydrogen-bond donors (Lipinski definition) is 0. The molecule has 0 saturated carbocycles. The number of carbonyl (C=O) groups excluding carboxylic acids is 1. The van der Waals surface area contributed by atoms with Crippen molar-refractivity contribution in [3.05, 3.63) is 35.4 Å². The molecule has 0 aliphatic carbocycles. The Kier molecular flexibility index (Phi) is 4.09. The smallest absolute Gasteiger partial charge is 0.237 e. The van der Waals surface area contributed by atoms with Crippen LogP contribution in [0.25, 0.3) is 0 Å². The van der Waals surface area contributed by atoms with E-state index in [2.05, 4.69) is 29.2 Å². The van der Waals surface area contributed by atoms with E-state index in [-0.39, 0.29) is 11.7 Å². The lowest BCUT2D eigenvalue weighted by Crippen LogP contribution is -2.49. The van der Waals surface area contributed by atoms with Gasteiger partial charge in [0.15, 0.2) is 5.79 Å². The van der Waals surface area contributed by atoms with Crippen LogP contribution in [0.4, 0.5) is 0 Å². The minimum atomic E-state index is -0.358. The summed E-state index contributed by atoms with van der Waals surface area (Å²) in [6, 6.07) is 8.43. The molecular weight excluding hydrogens is 292 g/mol. The Morgan fingerprint density at radius 1 is 1.04 bits per heavy atom. The summed E-state index contributed by atoms with van der Waals surface area (Å²) in [5, 5.41) is 0. The maximum absolute atomic E-state index is 12.6. The van der Waals surface area contributed by atoms with Crippen LogP contribution in [-0.4, -0.2) is 60.9 Å². The Labute approximate surface area is 137 Å². The molecule has 0 radical (unpaired) electrons. The highest BCUT2D eigenvalue weighted by atomic mass is 16.7. The second-order valence-electron chi connectivity index (χ2n) is 6.72. The van der Waals surface area contributed by atoms with Gasteiger partial charge in [-0.3, -0.25) is 9.69 Å². The van der Waals surface area contributed by atoms with Crippen molar-refractivity contribution in [2.75, 3.05) is 39.4 Å². The molecular formula is C18H24N2O3. The van der Waals surface area contributed by atoms with Gasteiger partial charge in [-0.05, 0) is 17.5 Å². The molecule has 0 N–H and O–H groups in total. The SMILES string of the molecule is O=C(CN1CCC2(CC1)OCCO2)N1CCc2ccccc2C1. The van der Waals surface area contributed by atoms with Crippen molar-refractivity contribution in [1.29, 1.82) is 0 Å². The van der Waals surface area contributed by atoms with Crippen LogP contribution in [0.1, 0.15) is 24.0 Å². The molecule has 3 aliphatic heterocycles. The lowest BCUT2D eigenvalue weighted by molar-refractivity contribution is -0.186. The monoisotopic (exact) mass is 316 g/mol. The Morgan fingerprint density at radius 3 is 2.48 bits per heavy atom. The van der Waals surface area contributed by atoms with Crippen molar-refractivity contribution < 1.29 is 14.3 Å². The minimum absolute atomic E-state index is 0.240. The average molecular weight is 316 g/mol. The van der Waals surface area contributed by atoms with E-state index in [1.807, 2.05) is 4.90 Å². The zero-order valence-corrected chi connectivity index (χ0v) is 13.5. The van der Waals surface area contributed by atoms with Gasteiger partial charge in [-0.25, -0.2) is 0 Å². The summed E-state index contributed by atoms with van der Waals surface area (Å²) in [6.45, 7) is 5.24. The number of piperidine rings is 1. The fourth-order valence-corrected chi connectivity index (χ4v) is 3.84. The third kappa shape index (κ3) is 3.13. The summed E-state index contributed by atoms with van der Waals surface area (Å²) < 4.78 is 11.5. The van der Waals surface area contributed by atoms with Gasteiger partial charge < -0.3 is 14.4 Å². The zero-order valence-electron chi connectivity index (χ0n) is 13.5. The van der Waals surface area contributed by atoms with Gasteiger partial charge >= 0.3 is 0 Å². The summed E-state index contributed by atoms with van der Waals surface area (Å²) in [6.07, 6.45) is 2.69. The summed E-state index contributed by atoms with van der Waals surface area (Å²) in [4.78, 5) is 16.8. The predicted octanol–water partition coefficient (Wildman–Crippen LogP) is 1.41. The molecule has 124 valence electrons. The summed E-state index contributed by atoms with van der Waals surface area (Å²) >= 11 is 0. The normalized spacial score (nSPS) is 23.9. The molecule has 3 aliphatic rings. The van der Waals surface area contributed by atoms with E-state index < -0.39 is 0 Å². The third-order valence-electron chi connectivity index (χ3n) is 5.27. The van der Waals surface area contributed by atoms with Gasteiger partial charge in [-0.15, -0.1) is 0 Å². The fourth-order valence-electron chi connectivity index (χ4n) is 3.84. The van der Waals surface area contributed by atoms with Crippen LogP contribution >= 0.6 is 0 Å². The number of nitrogens with zero attached hydrogens (tertiary/aromatic N) is 2. The van der Waals surface area contributed by atoms with Gasteiger partial charge in [-0.1, -0.05) is 24.3 Å². The second-order valence-corrected chi connectivity index (χ2v) is 6.72. The Bertz CT molecular complexity index is 573. The molecule has 23 heavy (non-hydrogen) atoms. The molecule has 5 heteroatoms. The number of likely N-dealkylation sites (tertiary alicyclic amines) is 1. The first kappa shape index (κ1) is 15.1. The highest BCUT2D eigenvalue weighted by molar-refractivity contribution is 5.78. The minimum Gasteiger partial charge on any atom is -0.347 e. The first-order valence-corrected chi connectivity index (χ1v) is 8.59. The molecule has 1 amide bonds. The molecule has 0 bridgehead atoms. The van der Waals surface area contributed by atoms with Gasteiger partial charge in [0.25, 0.3) is 0 Å². The number of carbonyl (C=O) groups is 1. The van der Waals surface area contributed by atoms with Crippen molar-refractivity contribution in [2.24, 2.45) is 0 Å². The van der Waals surface area contributed by atoms with Crippen molar-refractivity contribution >= 4 is 5.91 Å². The second kappa shape index (κ2) is 6.23. The number of rotatable bonds is 2. The van der Waals surface area contributed by atoms with Gasteiger partial charge in [0.2, 0.25) is 5.91 Å². The van der Waals surface area contributed by atoms with Gasteiger partial charge in [0.1, 0.15) is 0 Å². The molecule has 0 aromatic heterocycles. The standard InChI is InChI=1S/C18H24N2O3/c21-17(20-8-5-15-3-1-2-4-16(15)13-20)14-19-9-6-18(7-10-19)22-11-12-23-18/h1-4H,5-14H2. The van der Waals surface area contributed by atoms with Gasteiger partial charge in [0.05, 0.1) is 19.8 Å². The first-order chi connectivity index (χ1) is 11.2. The summed E-state index contributed by atoms with van der Waals surface area (Å²) in [7, 11) is 0. The number of benzene rings is 1. The number of amides is 1. The van der Waals surface area contributed by atoms with Gasteiger partial charge in [0, 0.05) is 39.0 Å². The van der Waals surface area contributed by atoms with Crippen LogP contribution < -0.4 is 0 Å². The molecule has 2 fully saturated rings. The molecule has 4 rings (SSSR count). The topological polar surface area (TPSA) is 42.0 Å². The van der Waals surface area contributed by atoms with Crippen molar-refractivity contribution in [1.82, 2.24) is 9.80 Å². The van der Waals surface area contributed by atoms with Crippen molar-refractivity contribution in [3.8, 4) is 0 Å². The Morgan fingerprint density at radius 2 is 1.74 bits per heavy atom. The molecule has 0 unspecified atom stereocenters. The lowest BCUT2D eigenvalue weighted by Gasteiger charge is -2.38. The fraction of sp³-hybridized carbons (Fsp3) is 0.611. The number of hydrogen-bond acceptors (Lipinski definition) is 4. The van der Waals surface area contributed by atoms with E-state index in [1.54, 1.807) is 0 Å². The number of ether oxygens (including phenoxy) is 2. The summed E-state index contributed by atoms with van der Waals surface area (Å²) in [5.74, 6) is -0.118. The van der Waals surface area contributed by atoms with E-state index in [4.69, 9.17) is 9.47 Å². The van der Waals surface area contributed by atoms with Crippen molar-refractivity contribution in [2.45, 2.75) is 31.6 Å². The molecule has 1 aromatic carbocycles. The summed E-state index contributed by atoms with van der Waals surface area (Å²) in [5.41, 5.74) is 2.67. The van der Waals surface area contributed by atoms with Crippen LogP contribution in [0.3, 0.4) is 0 Å². The van der Waals surface area contributed by atoms with Gasteiger partial charge in [-0.2, -0.15) is 0 Å². The van der Waals surface area contributed by atoms with E-state index in [1.165, 1.54) is 11.1 Å². The van der Waals surface area contributed by atoms with Crippen molar-refractivity contribution in [3.63, 3.8) is 0 Å². The van der Waals surface area contributed by atoms with E-state index >= 15 is 0 Å². The molecule has 2 saturated heterocycles. The average Bonchev–Trinajstić information content (AvgIpc) is 3.05. The van der Waals surface area contributed by atoms with Crippen LogP contribution in [0.5, 0.6) is 0 Å². The largest absolute Gasteiger partial charge is 0.347 e. The van der Waals surface area contributed by atoms with E-state index in [0.717, 1.165) is 45.4 Å². The van der Waals surface area contributed by atoms with Crippen LogP contribution in [0.2, 0.25) is 0 Å². The highest BCUT2D eigenvalue weighted by Gasteiger charge is 2.40. The van der Waals surface area contributed by atoms with E-state index in [9.17, 15) is 4.79 Å². The zero-order chi connectivity index (χ0) is 15.7. The third-order valence-corrected chi connectivity index (χ3v) is 5.27. The molecule has 1 aromatic rings. The molecule has 5 nitrogen and oxygen atoms in total. The van der Waals surface area contributed by atoms with Crippen LogP contribution in [0, 0.1) is 0 Å². The van der Waals surface area contributed by atoms with Crippen LogP contribution in [0.15, 0.2) is 24.3 Å². The quantitative estimate of drug-likeness (QED) is 0.827. The Balaban J connectivity index is 1.31. The number of fused-ring (bicyclic) bond motifs is 1. The first-order valence-electron chi connectivity index (χ1n) is 8.59. The molecule has 1 spiro atoms. The van der Waals surface area contributed by atoms with Crippen LogP contribution in [-0.2, 0) is 27.2 Å². The van der Waals surface area contributed by atoms with E-state index in [0.29, 0.717) is 19.8 Å². The predicted molar refractivity (Wildman–Crippen MR) is 85.9 cm³/mol. The maximum Gasteiger partial charge on any atom is 0.237 e. The molecule has 0 atom stereocenters. The maximum atomic E-state index is 12.6. The lowest BCUT2D eigenvalue weighted by atomic mass is 10.00.